The SMILES string of the molecule is C/C(=C\C(=O)N[C@@H](C)c1nnc2ccccn12)CCc1ccccc1. The van der Waals surface area contributed by atoms with E-state index in [-0.39, 0.29) is 11.9 Å². The van der Waals surface area contributed by atoms with Crippen LogP contribution in [-0.2, 0) is 11.2 Å². The first kappa shape index (κ1) is 16.9. The molecule has 2 heterocycles. The van der Waals surface area contributed by atoms with Crippen LogP contribution >= 0.6 is 0 Å². The Kier molecular flexibility index (Phi) is 5.23. The maximum atomic E-state index is 12.3. The molecule has 0 aliphatic carbocycles. The number of pyridine rings is 1. The van der Waals surface area contributed by atoms with Crippen LogP contribution in [0.25, 0.3) is 5.65 Å². The van der Waals surface area contributed by atoms with Crippen LogP contribution in [0.15, 0.2) is 66.4 Å². The molecule has 0 saturated heterocycles. The number of carbonyl (C=O) groups excluding carboxylic acids is 1. The van der Waals surface area contributed by atoms with Crippen LogP contribution in [0.4, 0.5) is 0 Å². The summed E-state index contributed by atoms with van der Waals surface area (Å²) < 4.78 is 1.89. The van der Waals surface area contributed by atoms with Gasteiger partial charge in [0.2, 0.25) is 5.91 Å². The minimum atomic E-state index is -0.219. The summed E-state index contributed by atoms with van der Waals surface area (Å²) in [7, 11) is 0. The van der Waals surface area contributed by atoms with Crippen molar-refractivity contribution in [1.82, 2.24) is 19.9 Å². The smallest absolute Gasteiger partial charge is 0.244 e. The number of nitrogens with zero attached hydrogens (tertiary/aromatic N) is 3. The van der Waals surface area contributed by atoms with E-state index < -0.39 is 0 Å². The van der Waals surface area contributed by atoms with E-state index in [1.54, 1.807) is 6.08 Å². The summed E-state index contributed by atoms with van der Waals surface area (Å²) in [4.78, 5) is 12.3. The van der Waals surface area contributed by atoms with Gasteiger partial charge in [0.05, 0.1) is 6.04 Å². The second kappa shape index (κ2) is 7.75. The Morgan fingerprint density at radius 1 is 1.16 bits per heavy atom. The van der Waals surface area contributed by atoms with Crippen molar-refractivity contribution in [3.8, 4) is 0 Å². The molecule has 0 aliphatic rings. The van der Waals surface area contributed by atoms with E-state index in [1.807, 2.05) is 60.8 Å². The van der Waals surface area contributed by atoms with Crippen LogP contribution in [0.1, 0.15) is 37.7 Å². The van der Waals surface area contributed by atoms with E-state index in [2.05, 4.69) is 27.6 Å². The van der Waals surface area contributed by atoms with Crippen LogP contribution < -0.4 is 5.32 Å². The quantitative estimate of drug-likeness (QED) is 0.702. The van der Waals surface area contributed by atoms with Crippen molar-refractivity contribution < 1.29 is 4.79 Å². The summed E-state index contributed by atoms with van der Waals surface area (Å²) in [5.74, 6) is 0.616. The van der Waals surface area contributed by atoms with Gasteiger partial charge >= 0.3 is 0 Å². The molecule has 5 heteroatoms. The zero-order valence-corrected chi connectivity index (χ0v) is 14.5. The third-order valence-electron chi connectivity index (χ3n) is 4.11. The van der Waals surface area contributed by atoms with Crippen molar-refractivity contribution in [3.63, 3.8) is 0 Å². The minimum Gasteiger partial charge on any atom is -0.343 e. The Balaban J connectivity index is 1.59. The van der Waals surface area contributed by atoms with Crippen molar-refractivity contribution >= 4 is 11.6 Å². The monoisotopic (exact) mass is 334 g/mol. The standard InChI is InChI=1S/C20H22N4O/c1-15(11-12-17-8-4-3-5-9-17)14-19(25)21-16(2)20-23-22-18-10-6-7-13-24(18)20/h3-10,13-14,16H,11-12H2,1-2H3,(H,21,25)/b15-14+/t16-/m0/s1. The first-order valence-electron chi connectivity index (χ1n) is 8.45. The number of amides is 1. The number of carbonyl (C=O) groups is 1. The lowest BCUT2D eigenvalue weighted by atomic mass is 10.1. The van der Waals surface area contributed by atoms with Crippen LogP contribution in [0.2, 0.25) is 0 Å². The molecule has 1 atom stereocenters. The van der Waals surface area contributed by atoms with Gasteiger partial charge in [0, 0.05) is 12.3 Å². The second-order valence-electron chi connectivity index (χ2n) is 6.19. The summed E-state index contributed by atoms with van der Waals surface area (Å²) in [5, 5.41) is 11.3. The molecular formula is C20H22N4O. The number of aryl methyl sites for hydroxylation is 1. The number of aromatic nitrogens is 3. The maximum absolute atomic E-state index is 12.3. The normalized spacial score (nSPS) is 13.0. The molecule has 128 valence electrons. The van der Waals surface area contributed by atoms with E-state index in [0.717, 1.165) is 29.9 Å². The van der Waals surface area contributed by atoms with Gasteiger partial charge in [0.25, 0.3) is 0 Å². The zero-order chi connectivity index (χ0) is 17.6. The molecule has 3 rings (SSSR count). The Morgan fingerprint density at radius 2 is 1.92 bits per heavy atom. The van der Waals surface area contributed by atoms with Crippen LogP contribution in [0, 0.1) is 0 Å². The van der Waals surface area contributed by atoms with Crippen molar-refractivity contribution in [2.24, 2.45) is 0 Å². The fourth-order valence-corrected chi connectivity index (χ4v) is 2.76. The first-order chi connectivity index (χ1) is 12.1. The Labute approximate surface area is 147 Å². The fourth-order valence-electron chi connectivity index (χ4n) is 2.76. The summed E-state index contributed by atoms with van der Waals surface area (Å²) in [6.07, 6.45) is 5.36. The van der Waals surface area contributed by atoms with Gasteiger partial charge < -0.3 is 5.32 Å². The lowest BCUT2D eigenvalue weighted by Crippen LogP contribution is -2.26. The van der Waals surface area contributed by atoms with Gasteiger partial charge in [-0.3, -0.25) is 9.20 Å². The van der Waals surface area contributed by atoms with Gasteiger partial charge in [-0.15, -0.1) is 10.2 Å². The largest absolute Gasteiger partial charge is 0.343 e. The predicted octanol–water partition coefficient (Wildman–Crippen LogP) is 3.49. The average molecular weight is 334 g/mol. The minimum absolute atomic E-state index is 0.106. The van der Waals surface area contributed by atoms with Gasteiger partial charge in [-0.05, 0) is 44.4 Å². The van der Waals surface area contributed by atoms with Gasteiger partial charge in [-0.25, -0.2) is 0 Å². The number of rotatable bonds is 6. The molecule has 5 nitrogen and oxygen atoms in total. The van der Waals surface area contributed by atoms with Crippen LogP contribution in [0.3, 0.4) is 0 Å². The van der Waals surface area contributed by atoms with E-state index in [9.17, 15) is 4.79 Å². The molecule has 0 radical (unpaired) electrons. The number of nitrogens with one attached hydrogen (secondary N) is 1. The van der Waals surface area contributed by atoms with Gasteiger partial charge in [-0.1, -0.05) is 42.0 Å². The molecule has 1 N–H and O–H groups in total. The lowest BCUT2D eigenvalue weighted by molar-refractivity contribution is -0.117. The number of allylic oxidation sites excluding steroid dienone is 1. The summed E-state index contributed by atoms with van der Waals surface area (Å²) in [6.45, 7) is 3.90. The Bertz CT molecular complexity index is 883. The zero-order valence-electron chi connectivity index (χ0n) is 14.5. The average Bonchev–Trinajstić information content (AvgIpc) is 3.05. The number of hydrogen-bond acceptors (Lipinski definition) is 3. The Morgan fingerprint density at radius 3 is 2.72 bits per heavy atom. The summed E-state index contributed by atoms with van der Waals surface area (Å²) in [5.41, 5.74) is 3.10. The highest BCUT2D eigenvalue weighted by molar-refractivity contribution is 5.88. The molecule has 0 bridgehead atoms. The maximum Gasteiger partial charge on any atom is 0.244 e. The Hall–Kier alpha value is -2.95. The van der Waals surface area contributed by atoms with Crippen molar-refractivity contribution in [1.29, 1.82) is 0 Å². The molecule has 0 saturated carbocycles. The van der Waals surface area contributed by atoms with E-state index in [1.165, 1.54) is 5.56 Å². The second-order valence-corrected chi connectivity index (χ2v) is 6.19. The third kappa shape index (κ3) is 4.32. The summed E-state index contributed by atoms with van der Waals surface area (Å²) >= 11 is 0. The molecular weight excluding hydrogens is 312 g/mol. The molecule has 0 spiro atoms. The lowest BCUT2D eigenvalue weighted by Gasteiger charge is -2.11. The van der Waals surface area contributed by atoms with Crippen LogP contribution in [-0.4, -0.2) is 20.5 Å². The molecule has 3 aromatic rings. The molecule has 1 amide bonds. The molecule has 2 aromatic heterocycles. The number of benzene rings is 1. The van der Waals surface area contributed by atoms with Crippen molar-refractivity contribution in [3.05, 3.63) is 77.8 Å². The third-order valence-corrected chi connectivity index (χ3v) is 4.11. The number of fused-ring (bicyclic) bond motifs is 1. The molecule has 0 unspecified atom stereocenters. The van der Waals surface area contributed by atoms with Crippen molar-refractivity contribution in [2.45, 2.75) is 32.7 Å². The first-order valence-corrected chi connectivity index (χ1v) is 8.45. The molecule has 1 aromatic carbocycles. The van der Waals surface area contributed by atoms with Gasteiger partial charge in [0.15, 0.2) is 11.5 Å². The molecule has 0 fully saturated rings. The summed E-state index contributed by atoms with van der Waals surface area (Å²) in [6, 6.07) is 15.8. The highest BCUT2D eigenvalue weighted by Crippen LogP contribution is 2.12. The van der Waals surface area contributed by atoms with E-state index in [0.29, 0.717) is 0 Å². The van der Waals surface area contributed by atoms with Gasteiger partial charge in [0.1, 0.15) is 0 Å². The van der Waals surface area contributed by atoms with E-state index >= 15 is 0 Å². The van der Waals surface area contributed by atoms with Crippen molar-refractivity contribution in [2.75, 3.05) is 0 Å². The topological polar surface area (TPSA) is 59.3 Å². The highest BCUT2D eigenvalue weighted by Gasteiger charge is 2.14. The van der Waals surface area contributed by atoms with Gasteiger partial charge in [-0.2, -0.15) is 0 Å². The van der Waals surface area contributed by atoms with Crippen LogP contribution in [0.5, 0.6) is 0 Å². The number of hydrogen-bond donors (Lipinski definition) is 1. The predicted molar refractivity (Wildman–Crippen MR) is 98.1 cm³/mol. The highest BCUT2D eigenvalue weighted by atomic mass is 16.1. The molecule has 0 aliphatic heterocycles. The fraction of sp³-hybridized carbons (Fsp3) is 0.250. The molecule has 25 heavy (non-hydrogen) atoms. The van der Waals surface area contributed by atoms with E-state index in [4.69, 9.17) is 0 Å².